The molecule has 0 saturated heterocycles. The molecular weight excluding hydrogens is 1100 g/mol. The molecule has 438 valence electrons. The van der Waals surface area contributed by atoms with Crippen molar-refractivity contribution in [3.63, 3.8) is 0 Å². The number of rotatable bonds is 7. The predicted molar refractivity (Wildman–Crippen MR) is 256 cm³/mol. The summed E-state index contributed by atoms with van der Waals surface area (Å²) in [6, 6.07) is 7.98. The lowest BCUT2D eigenvalue weighted by molar-refractivity contribution is -0.300. The fraction of sp³-hybridized carbons (Fsp3) is 0.569. The van der Waals surface area contributed by atoms with Crippen LogP contribution in [0.1, 0.15) is 148 Å². The molecule has 80 heavy (non-hydrogen) atoms. The molecule has 5 aromatic rings. The summed E-state index contributed by atoms with van der Waals surface area (Å²) in [6.45, 7) is 9.64. The van der Waals surface area contributed by atoms with Crippen molar-refractivity contribution in [1.29, 1.82) is 0 Å². The van der Waals surface area contributed by atoms with E-state index >= 15 is 44.3 Å². The Hall–Kier alpha value is -6.94. The van der Waals surface area contributed by atoms with Gasteiger partial charge in [0.1, 0.15) is 16.7 Å². The molecule has 2 N–H and O–H groups in total. The smallest absolute Gasteiger partial charge is 0.437 e. The Morgan fingerprint density at radius 1 is 0.650 bits per heavy atom. The van der Waals surface area contributed by atoms with Crippen molar-refractivity contribution < 1.29 is 94.8 Å². The van der Waals surface area contributed by atoms with Gasteiger partial charge in [-0.05, 0) is 102 Å². The molecule has 2 aliphatic heterocycles. The van der Waals surface area contributed by atoms with E-state index in [0.717, 1.165) is 0 Å². The first-order valence-electron chi connectivity index (χ1n) is 25.1. The number of pyridine rings is 2. The maximum absolute atomic E-state index is 16.2. The highest BCUT2D eigenvalue weighted by Gasteiger charge is 2.65. The molecule has 0 fully saturated rings. The van der Waals surface area contributed by atoms with E-state index in [-0.39, 0.29) is 63.0 Å². The number of carbonyl (C=O) groups is 2. The molecule has 0 aliphatic carbocycles. The van der Waals surface area contributed by atoms with Crippen LogP contribution in [0.2, 0.25) is 0 Å². The summed E-state index contributed by atoms with van der Waals surface area (Å²) >= 11 is 0. The highest BCUT2D eigenvalue weighted by Crippen LogP contribution is 2.51. The van der Waals surface area contributed by atoms with E-state index < -0.39 is 171 Å². The van der Waals surface area contributed by atoms with Crippen molar-refractivity contribution in [2.45, 2.75) is 179 Å². The van der Waals surface area contributed by atoms with Crippen LogP contribution in [-0.4, -0.2) is 72.7 Å². The summed E-state index contributed by atoms with van der Waals surface area (Å²) in [7, 11) is 0. The first-order chi connectivity index (χ1) is 37.0. The second kappa shape index (κ2) is 22.5. The summed E-state index contributed by atoms with van der Waals surface area (Å²) in [5.74, 6) is -7.62. The van der Waals surface area contributed by atoms with Crippen molar-refractivity contribution in [3.8, 4) is 34.9 Å². The van der Waals surface area contributed by atoms with E-state index in [1.807, 2.05) is 0 Å². The number of hydrogen-bond acceptors (Lipinski definition) is 16. The molecule has 0 saturated carbocycles. The molecule has 1 aromatic carbocycles. The lowest BCUT2D eigenvalue weighted by Crippen LogP contribution is -2.51. The molecule has 0 unspecified atom stereocenters. The van der Waals surface area contributed by atoms with Gasteiger partial charge >= 0.3 is 36.9 Å². The first-order valence-corrected chi connectivity index (χ1v) is 25.1. The Balaban J connectivity index is 1.48. The Labute approximate surface area is 449 Å². The van der Waals surface area contributed by atoms with Gasteiger partial charge < -0.3 is 38.3 Å². The second-order valence-electron chi connectivity index (χ2n) is 21.4. The number of ether oxygens (including phenoxy) is 5. The maximum atomic E-state index is 16.2. The Morgan fingerprint density at radius 2 is 1.14 bits per heavy atom. The largest absolute Gasteiger partial charge is 0.474 e. The Morgan fingerprint density at radius 3 is 1.65 bits per heavy atom. The third-order valence-corrected chi connectivity index (χ3v) is 12.9. The molecule has 4 aromatic heterocycles. The zero-order chi connectivity index (χ0) is 59.0. The van der Waals surface area contributed by atoms with Gasteiger partial charge in [-0.3, -0.25) is 0 Å². The molecule has 0 radical (unpaired) electrons. The van der Waals surface area contributed by atoms with Crippen LogP contribution >= 0.6 is 0 Å². The summed E-state index contributed by atoms with van der Waals surface area (Å²) in [4.78, 5) is 37.4. The van der Waals surface area contributed by atoms with Crippen LogP contribution in [-0.2, 0) is 44.4 Å². The number of imide groups is 1. The number of halogens is 12. The van der Waals surface area contributed by atoms with Crippen molar-refractivity contribution in [2.75, 3.05) is 10.6 Å². The number of nitrogens with two attached hydrogens (primary N) is 1. The number of carbonyl (C=O) groups excluding carboxylic acids is 2. The van der Waals surface area contributed by atoms with Gasteiger partial charge in [-0.25, -0.2) is 19.6 Å². The number of fused-ring (bicyclic) bond motifs is 10. The molecule has 6 heterocycles. The van der Waals surface area contributed by atoms with Crippen LogP contribution in [0.4, 0.5) is 73.6 Å². The predicted octanol–water partition coefficient (Wildman–Crippen LogP) is 14.4. The molecule has 0 spiro atoms. The van der Waals surface area contributed by atoms with Crippen molar-refractivity contribution >= 4 is 23.6 Å². The minimum atomic E-state index is -5.88. The van der Waals surface area contributed by atoms with Crippen molar-refractivity contribution in [3.05, 3.63) is 70.9 Å². The fourth-order valence-corrected chi connectivity index (χ4v) is 9.46. The van der Waals surface area contributed by atoms with Crippen LogP contribution in [0.5, 0.6) is 11.8 Å². The number of benzene rings is 1. The average Bonchev–Trinajstić information content (AvgIpc) is 4.02. The number of nitrogens with zero attached hydrogens (tertiary/aromatic N) is 7. The molecule has 8 bridgehead atoms. The van der Waals surface area contributed by atoms with Gasteiger partial charge in [0.15, 0.2) is 11.4 Å². The van der Waals surface area contributed by atoms with E-state index in [1.54, 1.807) is 26.8 Å². The average molecular weight is 1150 g/mol. The van der Waals surface area contributed by atoms with Crippen molar-refractivity contribution in [1.82, 2.24) is 30.4 Å². The monoisotopic (exact) mass is 1150 g/mol. The lowest BCUT2D eigenvalue weighted by Gasteiger charge is -2.36. The van der Waals surface area contributed by atoms with Crippen LogP contribution in [0.3, 0.4) is 0 Å². The standard InChI is InChI=1S/C51H56F12N8O9/c1-27-18-12-10-16-22-47(51(61,62)63,41-70-67-38(77-41)34-32(64)23-30(48(52,53)54)36(65-34)75-27)80-43(73)71(42(72)79-45(6,7)26-44(3,4)5)33-24-31(49(55,56)57)37-66-35(33)39-68-69-40(78-39)46(50(58,59)60,21-15-9-11-17-28(2)76-37)74-25-29-19-13-8-14-20-29/h8,13-14,19-20,23-24,27-28H,9-12,15-18,21-22,25-26,64H2,1-7H3/t27-,28-,46-,47-/m1/s1. The fourth-order valence-electron chi connectivity index (χ4n) is 9.46. The number of hydrogen-bond donors (Lipinski definition) is 1. The van der Waals surface area contributed by atoms with Crippen LogP contribution in [0, 0.1) is 5.41 Å². The number of nitrogen functional groups attached to an aromatic ring is 1. The van der Waals surface area contributed by atoms with Crippen molar-refractivity contribution in [2.24, 2.45) is 5.41 Å². The number of aromatic nitrogens is 6. The summed E-state index contributed by atoms with van der Waals surface area (Å²) in [6.07, 6.45) is -31.9. The SMILES string of the molecule is C[C@@H]1CCCCC[C@](OC(=O)N(C(=O)OC(C)(C)CC(C)(C)C)c2cc(C(F)(F)F)c3nc2-c2nnc(o2)[C@@](OCc2ccccc2)(C(F)(F)F)CCCCC[C@@H](C)O3)(C(F)(F)F)c2nnc(o2)-c2nc(c(C(F)(F)F)cc2N)O1. The zero-order valence-electron chi connectivity index (χ0n) is 44.1. The Kier molecular flexibility index (Phi) is 17.1. The van der Waals surface area contributed by atoms with E-state index in [4.69, 9.17) is 38.3 Å². The van der Waals surface area contributed by atoms with Gasteiger partial charge in [-0.1, -0.05) is 63.9 Å². The molecule has 2 amide bonds. The van der Waals surface area contributed by atoms with Gasteiger partial charge in [0.25, 0.3) is 29.2 Å². The third-order valence-electron chi connectivity index (χ3n) is 12.9. The Bertz CT molecular complexity index is 3000. The minimum absolute atomic E-state index is 0.0285. The van der Waals surface area contributed by atoms with Gasteiger partial charge in [-0.2, -0.15) is 57.6 Å². The normalized spacial score (nSPS) is 21.0. The summed E-state index contributed by atoms with van der Waals surface area (Å²) in [5.41, 5.74) is -11.6. The summed E-state index contributed by atoms with van der Waals surface area (Å²) < 4.78 is 224. The molecule has 29 heteroatoms. The highest BCUT2D eigenvalue weighted by atomic mass is 19.4. The quantitative estimate of drug-likeness (QED) is 0.150. The number of amides is 2. The van der Waals surface area contributed by atoms with Gasteiger partial charge in [0.2, 0.25) is 17.4 Å². The molecule has 17 nitrogen and oxygen atoms in total. The van der Waals surface area contributed by atoms with Gasteiger partial charge in [-0.15, -0.1) is 20.4 Å². The van der Waals surface area contributed by atoms with E-state index in [9.17, 15) is 18.0 Å². The number of anilines is 2. The van der Waals surface area contributed by atoms with E-state index in [2.05, 4.69) is 30.4 Å². The van der Waals surface area contributed by atoms with E-state index in [1.165, 1.54) is 52.0 Å². The van der Waals surface area contributed by atoms with Crippen LogP contribution < -0.4 is 20.1 Å². The first kappa shape index (κ1) is 60.7. The van der Waals surface area contributed by atoms with Gasteiger partial charge in [0.05, 0.1) is 30.2 Å². The lowest BCUT2D eigenvalue weighted by atomic mass is 9.84. The molecule has 7 rings (SSSR count). The minimum Gasteiger partial charge on any atom is -0.474 e. The van der Waals surface area contributed by atoms with E-state index in [0.29, 0.717) is 6.07 Å². The van der Waals surface area contributed by atoms with Crippen LogP contribution in [0.15, 0.2) is 51.3 Å². The number of alkyl halides is 12. The molecule has 2 aliphatic rings. The second-order valence-corrected chi connectivity index (χ2v) is 21.4. The maximum Gasteiger partial charge on any atom is 0.437 e. The van der Waals surface area contributed by atoms with Crippen LogP contribution in [0.25, 0.3) is 23.2 Å². The third kappa shape index (κ3) is 13.4. The zero-order valence-corrected chi connectivity index (χ0v) is 44.1. The van der Waals surface area contributed by atoms with Gasteiger partial charge in [0, 0.05) is 6.42 Å². The summed E-state index contributed by atoms with van der Waals surface area (Å²) in [5, 5.41) is 14.4. The topological polar surface area (TPSA) is 213 Å². The highest BCUT2D eigenvalue weighted by molar-refractivity contribution is 6.11. The molecular formula is C51H56F12N8O9. The molecule has 4 atom stereocenters.